The number of rotatable bonds is 3. The number of aromatic hydroxyl groups is 1. The van der Waals surface area contributed by atoms with Gasteiger partial charge in [-0.25, -0.2) is 0 Å². The van der Waals surface area contributed by atoms with E-state index in [9.17, 15) is 5.11 Å². The monoisotopic (exact) mass is 297 g/mol. The fourth-order valence-corrected chi connectivity index (χ4v) is 2.52. The zero-order chi connectivity index (χ0) is 14.8. The normalized spacial score (nSPS) is 12.3. The van der Waals surface area contributed by atoms with Gasteiger partial charge in [-0.2, -0.15) is 5.26 Å². The Bertz CT molecular complexity index is 515. The van der Waals surface area contributed by atoms with Crippen LogP contribution in [0.1, 0.15) is 31.9 Å². The maximum atomic E-state index is 9.97. The summed E-state index contributed by atoms with van der Waals surface area (Å²) >= 11 is 5.93. The van der Waals surface area contributed by atoms with E-state index in [0.717, 1.165) is 0 Å². The molecule has 1 aromatic carbocycles. The Kier molecular flexibility index (Phi) is 4.67. The van der Waals surface area contributed by atoms with Crippen molar-refractivity contribution in [3.63, 3.8) is 0 Å². The highest BCUT2D eigenvalue weighted by molar-refractivity contribution is 6.74. The minimum Gasteiger partial charge on any atom is -0.506 e. The van der Waals surface area contributed by atoms with Crippen LogP contribution in [-0.4, -0.2) is 13.4 Å². The third-order valence-corrected chi connectivity index (χ3v) is 8.37. The first-order valence-electron chi connectivity index (χ1n) is 6.14. The van der Waals surface area contributed by atoms with E-state index in [1.54, 1.807) is 6.07 Å². The second kappa shape index (κ2) is 5.54. The number of hydrogen-bond donors (Lipinski definition) is 1. The molecule has 0 aliphatic carbocycles. The average molecular weight is 298 g/mol. The van der Waals surface area contributed by atoms with Gasteiger partial charge in [0.05, 0.1) is 12.2 Å². The third-order valence-electron chi connectivity index (χ3n) is 3.67. The van der Waals surface area contributed by atoms with Crippen molar-refractivity contribution in [2.24, 2.45) is 0 Å². The van der Waals surface area contributed by atoms with Crippen LogP contribution in [0, 0.1) is 11.3 Å². The molecule has 0 unspecified atom stereocenters. The number of phenolic OH excluding ortho intramolecular Hbond substituents is 1. The van der Waals surface area contributed by atoms with E-state index >= 15 is 0 Å². The van der Waals surface area contributed by atoms with Crippen LogP contribution in [-0.2, 0) is 11.0 Å². The lowest BCUT2D eigenvalue weighted by molar-refractivity contribution is 0.271. The van der Waals surface area contributed by atoms with Gasteiger partial charge in [-0.05, 0) is 30.3 Å². The number of nitrogens with zero attached hydrogens (tertiary/aromatic N) is 1. The van der Waals surface area contributed by atoms with Crippen molar-refractivity contribution >= 4 is 19.9 Å². The Balaban J connectivity index is 2.97. The number of benzene rings is 1. The molecule has 0 fully saturated rings. The lowest BCUT2D eigenvalue weighted by Gasteiger charge is -2.36. The van der Waals surface area contributed by atoms with Crippen molar-refractivity contribution < 1.29 is 9.53 Å². The zero-order valence-corrected chi connectivity index (χ0v) is 13.8. The summed E-state index contributed by atoms with van der Waals surface area (Å²) in [7, 11) is -1.89. The SMILES string of the molecule is CC(C)(C)[Si](C)(C)OCc1cc(Cl)cc(C#N)c1O. The smallest absolute Gasteiger partial charge is 0.192 e. The van der Waals surface area contributed by atoms with Crippen molar-refractivity contribution in [3.05, 3.63) is 28.3 Å². The van der Waals surface area contributed by atoms with Crippen molar-refractivity contribution in [2.45, 2.75) is 45.5 Å². The molecule has 104 valence electrons. The Labute approximate surface area is 120 Å². The summed E-state index contributed by atoms with van der Waals surface area (Å²) < 4.78 is 6.03. The Morgan fingerprint density at radius 2 is 1.95 bits per heavy atom. The van der Waals surface area contributed by atoms with Crippen LogP contribution in [0.3, 0.4) is 0 Å². The van der Waals surface area contributed by atoms with E-state index in [2.05, 4.69) is 33.9 Å². The number of phenols is 1. The predicted molar refractivity (Wildman–Crippen MR) is 79.8 cm³/mol. The number of hydrogen-bond acceptors (Lipinski definition) is 3. The van der Waals surface area contributed by atoms with E-state index in [-0.39, 0.29) is 23.0 Å². The van der Waals surface area contributed by atoms with Gasteiger partial charge in [0.2, 0.25) is 0 Å². The summed E-state index contributed by atoms with van der Waals surface area (Å²) in [4.78, 5) is 0. The van der Waals surface area contributed by atoms with E-state index in [1.165, 1.54) is 6.07 Å². The topological polar surface area (TPSA) is 53.2 Å². The van der Waals surface area contributed by atoms with Crippen molar-refractivity contribution in [2.75, 3.05) is 0 Å². The number of halogens is 1. The first-order valence-corrected chi connectivity index (χ1v) is 9.42. The van der Waals surface area contributed by atoms with E-state index in [4.69, 9.17) is 21.3 Å². The second-order valence-electron chi connectivity index (χ2n) is 6.12. The van der Waals surface area contributed by atoms with E-state index in [0.29, 0.717) is 10.6 Å². The predicted octanol–water partition coefficient (Wildman–Crippen LogP) is 4.44. The molecule has 0 radical (unpaired) electrons. The molecule has 1 aromatic rings. The molecular formula is C14H20ClNO2Si. The minimum atomic E-state index is -1.89. The quantitative estimate of drug-likeness (QED) is 0.839. The molecule has 0 amide bonds. The molecule has 5 heteroatoms. The van der Waals surface area contributed by atoms with Gasteiger partial charge in [0.1, 0.15) is 11.8 Å². The largest absolute Gasteiger partial charge is 0.506 e. The summed E-state index contributed by atoms with van der Waals surface area (Å²) in [6.45, 7) is 11.0. The molecule has 1 N–H and O–H groups in total. The fourth-order valence-electron chi connectivity index (χ4n) is 1.33. The van der Waals surface area contributed by atoms with Crippen LogP contribution in [0.5, 0.6) is 5.75 Å². The summed E-state index contributed by atoms with van der Waals surface area (Å²) in [6.07, 6.45) is 0. The Hall–Kier alpha value is -1.02. The Morgan fingerprint density at radius 3 is 2.42 bits per heavy atom. The van der Waals surface area contributed by atoms with Crippen LogP contribution in [0.25, 0.3) is 0 Å². The highest BCUT2D eigenvalue weighted by Crippen LogP contribution is 2.38. The fraction of sp³-hybridized carbons (Fsp3) is 0.500. The highest BCUT2D eigenvalue weighted by Gasteiger charge is 2.37. The maximum Gasteiger partial charge on any atom is 0.192 e. The van der Waals surface area contributed by atoms with Crippen LogP contribution in [0.15, 0.2) is 12.1 Å². The molecular weight excluding hydrogens is 278 g/mol. The van der Waals surface area contributed by atoms with Crippen molar-refractivity contribution in [1.29, 1.82) is 5.26 Å². The van der Waals surface area contributed by atoms with Gasteiger partial charge in [0.15, 0.2) is 8.32 Å². The Morgan fingerprint density at radius 1 is 1.37 bits per heavy atom. The van der Waals surface area contributed by atoms with Crippen molar-refractivity contribution in [1.82, 2.24) is 0 Å². The van der Waals surface area contributed by atoms with Crippen molar-refractivity contribution in [3.8, 4) is 11.8 Å². The van der Waals surface area contributed by atoms with E-state index in [1.807, 2.05) is 6.07 Å². The molecule has 3 nitrogen and oxygen atoms in total. The van der Waals surface area contributed by atoms with Gasteiger partial charge in [-0.1, -0.05) is 32.4 Å². The summed E-state index contributed by atoms with van der Waals surface area (Å²) in [5, 5.41) is 19.4. The number of nitriles is 1. The maximum absolute atomic E-state index is 9.97. The van der Waals surface area contributed by atoms with Crippen LogP contribution in [0.4, 0.5) is 0 Å². The lowest BCUT2D eigenvalue weighted by Crippen LogP contribution is -2.40. The first-order chi connectivity index (χ1) is 8.58. The van der Waals surface area contributed by atoms with Gasteiger partial charge >= 0.3 is 0 Å². The molecule has 0 atom stereocenters. The zero-order valence-electron chi connectivity index (χ0n) is 12.0. The molecule has 19 heavy (non-hydrogen) atoms. The summed E-state index contributed by atoms with van der Waals surface area (Å²) in [5.74, 6) is -0.0365. The van der Waals surface area contributed by atoms with Crippen LogP contribution in [0.2, 0.25) is 23.2 Å². The standard InChI is InChI=1S/C14H20ClNO2Si/c1-14(2,3)19(4,5)18-9-11-7-12(15)6-10(8-16)13(11)17/h6-7,17H,9H2,1-5H3. The van der Waals surface area contributed by atoms with Gasteiger partial charge < -0.3 is 9.53 Å². The molecule has 0 aliphatic heterocycles. The molecule has 0 saturated carbocycles. The van der Waals surface area contributed by atoms with Gasteiger partial charge in [0, 0.05) is 10.6 Å². The molecule has 0 aromatic heterocycles. The van der Waals surface area contributed by atoms with Gasteiger partial charge in [-0.3, -0.25) is 0 Å². The highest BCUT2D eigenvalue weighted by atomic mass is 35.5. The van der Waals surface area contributed by atoms with E-state index < -0.39 is 8.32 Å². The third kappa shape index (κ3) is 3.72. The molecule has 1 rings (SSSR count). The summed E-state index contributed by atoms with van der Waals surface area (Å²) in [6, 6.07) is 5.02. The molecule has 0 saturated heterocycles. The summed E-state index contributed by atoms with van der Waals surface area (Å²) in [5.41, 5.74) is 0.746. The molecule has 0 bridgehead atoms. The second-order valence-corrected chi connectivity index (χ2v) is 11.4. The lowest BCUT2D eigenvalue weighted by atomic mass is 10.1. The van der Waals surface area contributed by atoms with Crippen LogP contribution < -0.4 is 0 Å². The van der Waals surface area contributed by atoms with Gasteiger partial charge in [0.25, 0.3) is 0 Å². The molecule has 0 heterocycles. The molecule has 0 spiro atoms. The molecule has 0 aliphatic rings. The first kappa shape index (κ1) is 16.0. The van der Waals surface area contributed by atoms with Gasteiger partial charge in [-0.15, -0.1) is 0 Å². The minimum absolute atomic E-state index is 0.0365. The van der Waals surface area contributed by atoms with Crippen LogP contribution >= 0.6 is 11.6 Å². The average Bonchev–Trinajstić information content (AvgIpc) is 2.28.